The lowest BCUT2D eigenvalue weighted by Gasteiger charge is -2.11. The molecule has 9 heteroatoms. The molecule has 166 valence electrons. The largest absolute Gasteiger partial charge is 0.494 e. The van der Waals surface area contributed by atoms with Crippen LogP contribution in [-0.2, 0) is 0 Å². The van der Waals surface area contributed by atoms with Crippen molar-refractivity contribution in [2.75, 3.05) is 12.4 Å². The fourth-order valence-corrected chi connectivity index (χ4v) is 3.88. The lowest BCUT2D eigenvalue weighted by molar-refractivity contribution is 0.413. The van der Waals surface area contributed by atoms with Crippen LogP contribution in [0.2, 0.25) is 5.02 Å². The van der Waals surface area contributed by atoms with Gasteiger partial charge in [-0.1, -0.05) is 17.7 Å². The van der Waals surface area contributed by atoms with Gasteiger partial charge in [-0.15, -0.1) is 5.10 Å². The summed E-state index contributed by atoms with van der Waals surface area (Å²) in [5.74, 6) is 0.637. The SMILES string of the molecule is COc1cc(Nc2nc3c(-c4ccc(F)c(Cl)c4)cc(C)cn3n2)ccc1-n1cnc(C)c1. The van der Waals surface area contributed by atoms with E-state index < -0.39 is 5.82 Å². The summed E-state index contributed by atoms with van der Waals surface area (Å²) in [7, 11) is 1.62. The van der Waals surface area contributed by atoms with Gasteiger partial charge < -0.3 is 14.6 Å². The fourth-order valence-electron chi connectivity index (χ4n) is 3.70. The van der Waals surface area contributed by atoms with Gasteiger partial charge in [0.1, 0.15) is 11.6 Å². The number of halogens is 2. The minimum atomic E-state index is -0.462. The second-order valence-electron chi connectivity index (χ2n) is 7.70. The molecule has 0 aliphatic heterocycles. The molecular weight excluding hydrogens is 443 g/mol. The van der Waals surface area contributed by atoms with Crippen LogP contribution in [0, 0.1) is 19.7 Å². The number of ether oxygens (including phenoxy) is 1. The van der Waals surface area contributed by atoms with E-state index in [0.717, 1.165) is 33.8 Å². The maximum Gasteiger partial charge on any atom is 0.247 e. The van der Waals surface area contributed by atoms with E-state index >= 15 is 0 Å². The Hall–Kier alpha value is -3.91. The third-order valence-electron chi connectivity index (χ3n) is 5.23. The summed E-state index contributed by atoms with van der Waals surface area (Å²) in [6, 6.07) is 12.3. The van der Waals surface area contributed by atoms with Gasteiger partial charge in [0.2, 0.25) is 5.95 Å². The van der Waals surface area contributed by atoms with Crippen molar-refractivity contribution >= 4 is 28.9 Å². The Morgan fingerprint density at radius 2 is 1.91 bits per heavy atom. The minimum absolute atomic E-state index is 0.0605. The van der Waals surface area contributed by atoms with Crippen molar-refractivity contribution in [3.63, 3.8) is 0 Å². The maximum absolute atomic E-state index is 13.7. The summed E-state index contributed by atoms with van der Waals surface area (Å²) in [6.45, 7) is 3.90. The van der Waals surface area contributed by atoms with Crippen LogP contribution >= 0.6 is 11.6 Å². The van der Waals surface area contributed by atoms with Crippen LogP contribution in [-0.4, -0.2) is 31.3 Å². The molecule has 0 saturated carbocycles. The highest BCUT2D eigenvalue weighted by atomic mass is 35.5. The number of methoxy groups -OCH3 is 1. The van der Waals surface area contributed by atoms with Crippen molar-refractivity contribution in [2.45, 2.75) is 13.8 Å². The molecule has 5 aromatic rings. The highest BCUT2D eigenvalue weighted by Crippen LogP contribution is 2.31. The second kappa shape index (κ2) is 8.22. The molecule has 0 spiro atoms. The normalized spacial score (nSPS) is 11.2. The number of aromatic nitrogens is 5. The van der Waals surface area contributed by atoms with Crippen LogP contribution in [0.15, 0.2) is 61.2 Å². The zero-order valence-electron chi connectivity index (χ0n) is 18.2. The van der Waals surface area contributed by atoms with Gasteiger partial charge >= 0.3 is 0 Å². The number of hydrogen-bond acceptors (Lipinski definition) is 5. The fraction of sp³-hybridized carbons (Fsp3) is 0.125. The van der Waals surface area contributed by atoms with Crippen molar-refractivity contribution < 1.29 is 9.13 Å². The molecule has 0 amide bonds. The summed E-state index contributed by atoms with van der Waals surface area (Å²) in [5.41, 5.74) is 5.74. The molecule has 2 aromatic carbocycles. The molecule has 0 atom stereocenters. The molecule has 0 bridgehead atoms. The smallest absolute Gasteiger partial charge is 0.247 e. The Bertz CT molecular complexity index is 1490. The third kappa shape index (κ3) is 4.01. The number of hydrogen-bond donors (Lipinski definition) is 1. The standard InChI is InChI=1S/C24H20ClFN6O/c1-14-8-18(16-4-6-20(26)19(25)9-16)23-29-24(30-32(23)11-14)28-17-5-7-21(22(10-17)33-3)31-12-15(2)27-13-31/h4-13H,1-3H3,(H,28,30). The average molecular weight is 463 g/mol. The van der Waals surface area contributed by atoms with E-state index in [1.165, 1.54) is 6.07 Å². The van der Waals surface area contributed by atoms with Crippen molar-refractivity contribution in [3.05, 3.63) is 83.3 Å². The summed E-state index contributed by atoms with van der Waals surface area (Å²) in [4.78, 5) is 8.94. The first-order valence-electron chi connectivity index (χ1n) is 10.2. The summed E-state index contributed by atoms with van der Waals surface area (Å²) in [5, 5.41) is 7.86. The molecule has 3 aromatic heterocycles. The summed E-state index contributed by atoms with van der Waals surface area (Å²) < 4.78 is 22.9. The highest BCUT2D eigenvalue weighted by molar-refractivity contribution is 6.31. The zero-order valence-corrected chi connectivity index (χ0v) is 18.9. The minimum Gasteiger partial charge on any atom is -0.494 e. The number of nitrogens with zero attached hydrogens (tertiary/aromatic N) is 5. The monoisotopic (exact) mass is 462 g/mol. The molecule has 0 fully saturated rings. The van der Waals surface area contributed by atoms with E-state index in [9.17, 15) is 4.39 Å². The Morgan fingerprint density at radius 1 is 1.06 bits per heavy atom. The van der Waals surface area contributed by atoms with Gasteiger partial charge in [0.15, 0.2) is 5.65 Å². The van der Waals surface area contributed by atoms with Crippen molar-refractivity contribution in [2.24, 2.45) is 0 Å². The topological polar surface area (TPSA) is 69.3 Å². The number of aryl methyl sites for hydroxylation is 2. The molecule has 33 heavy (non-hydrogen) atoms. The molecule has 0 saturated heterocycles. The van der Waals surface area contributed by atoms with Crippen molar-refractivity contribution in [1.82, 2.24) is 24.1 Å². The molecule has 0 aliphatic carbocycles. The maximum atomic E-state index is 13.7. The number of imidazole rings is 1. The van der Waals surface area contributed by atoms with Gasteiger partial charge in [0.05, 0.1) is 29.8 Å². The van der Waals surface area contributed by atoms with Crippen LogP contribution < -0.4 is 10.1 Å². The van der Waals surface area contributed by atoms with Crippen molar-refractivity contribution in [3.8, 4) is 22.6 Å². The molecule has 0 aliphatic rings. The predicted octanol–water partition coefficient (Wildman–Crippen LogP) is 5.74. The molecule has 0 unspecified atom stereocenters. The van der Waals surface area contributed by atoms with Crippen LogP contribution in [0.3, 0.4) is 0 Å². The predicted molar refractivity (Wildman–Crippen MR) is 126 cm³/mol. The second-order valence-corrected chi connectivity index (χ2v) is 8.10. The summed E-state index contributed by atoms with van der Waals surface area (Å²) in [6.07, 6.45) is 5.56. The van der Waals surface area contributed by atoms with Crippen LogP contribution in [0.4, 0.5) is 16.0 Å². The van der Waals surface area contributed by atoms with E-state index in [2.05, 4.69) is 20.4 Å². The third-order valence-corrected chi connectivity index (χ3v) is 5.52. The first kappa shape index (κ1) is 21.0. The number of anilines is 2. The Balaban J connectivity index is 1.52. The molecule has 3 heterocycles. The van der Waals surface area contributed by atoms with Crippen LogP contribution in [0.25, 0.3) is 22.5 Å². The van der Waals surface area contributed by atoms with E-state index in [0.29, 0.717) is 17.3 Å². The molecular formula is C24H20ClFN6O. The lowest BCUT2D eigenvalue weighted by Crippen LogP contribution is -1.98. The van der Waals surface area contributed by atoms with Crippen molar-refractivity contribution in [1.29, 1.82) is 0 Å². The van der Waals surface area contributed by atoms with Gasteiger partial charge in [-0.2, -0.15) is 4.98 Å². The number of benzene rings is 2. The van der Waals surface area contributed by atoms with E-state index in [-0.39, 0.29) is 5.02 Å². The number of pyridine rings is 1. The summed E-state index contributed by atoms with van der Waals surface area (Å²) >= 11 is 6.01. The average Bonchev–Trinajstić information content (AvgIpc) is 3.40. The molecule has 5 rings (SSSR count). The van der Waals surface area contributed by atoms with Gasteiger partial charge in [0.25, 0.3) is 0 Å². The Kier molecular flexibility index (Phi) is 5.22. The van der Waals surface area contributed by atoms with Gasteiger partial charge in [-0.25, -0.2) is 13.9 Å². The number of rotatable bonds is 5. The first-order chi connectivity index (χ1) is 15.9. The number of fused-ring (bicyclic) bond motifs is 1. The zero-order chi connectivity index (χ0) is 23.1. The lowest BCUT2D eigenvalue weighted by atomic mass is 10.1. The molecule has 1 N–H and O–H groups in total. The van der Waals surface area contributed by atoms with Gasteiger partial charge in [-0.3, -0.25) is 0 Å². The van der Waals surface area contributed by atoms with Gasteiger partial charge in [0, 0.05) is 29.7 Å². The quantitative estimate of drug-likeness (QED) is 0.360. The van der Waals surface area contributed by atoms with Crippen LogP contribution in [0.1, 0.15) is 11.3 Å². The highest BCUT2D eigenvalue weighted by Gasteiger charge is 2.14. The number of nitrogens with one attached hydrogen (secondary N) is 1. The Labute approximate surface area is 194 Å². The molecule has 7 nitrogen and oxygen atoms in total. The van der Waals surface area contributed by atoms with Gasteiger partial charge in [-0.05, 0) is 55.3 Å². The van der Waals surface area contributed by atoms with Crippen LogP contribution in [0.5, 0.6) is 5.75 Å². The Morgan fingerprint density at radius 3 is 2.64 bits per heavy atom. The van der Waals surface area contributed by atoms with E-state index in [4.69, 9.17) is 16.3 Å². The molecule has 0 radical (unpaired) electrons. The van der Waals surface area contributed by atoms with E-state index in [1.807, 2.05) is 55.1 Å². The first-order valence-corrected chi connectivity index (χ1v) is 10.6. The van der Waals surface area contributed by atoms with E-state index in [1.54, 1.807) is 30.1 Å².